The molecule has 0 fully saturated rings. The molecule has 0 bridgehead atoms. The lowest BCUT2D eigenvalue weighted by molar-refractivity contribution is -0.144. The van der Waals surface area contributed by atoms with Crippen LogP contribution in [0.4, 0.5) is 0 Å². The van der Waals surface area contributed by atoms with Gasteiger partial charge in [-0.2, -0.15) is 0 Å². The van der Waals surface area contributed by atoms with Crippen molar-refractivity contribution in [3.8, 4) is 0 Å². The van der Waals surface area contributed by atoms with Gasteiger partial charge in [-0.3, -0.25) is 4.79 Å². The van der Waals surface area contributed by atoms with E-state index in [1.165, 1.54) is 7.11 Å². The Bertz CT molecular complexity index is 93.1. The summed E-state index contributed by atoms with van der Waals surface area (Å²) in [7, 11) is 1.38. The number of halogens is 1. The summed E-state index contributed by atoms with van der Waals surface area (Å²) in [5, 5.41) is 0. The molecule has 0 aliphatic carbocycles. The lowest BCUT2D eigenvalue weighted by atomic mass is 10.1. The van der Waals surface area contributed by atoms with Gasteiger partial charge in [-0.15, -0.1) is 11.6 Å². The molecule has 0 aliphatic rings. The number of hydrogen-bond donors (Lipinski definition) is 0. The molecule has 1 atom stereocenters. The number of methoxy groups -OCH3 is 1. The van der Waals surface area contributed by atoms with Gasteiger partial charge in [0.15, 0.2) is 0 Å². The van der Waals surface area contributed by atoms with Crippen molar-refractivity contribution in [1.82, 2.24) is 0 Å². The van der Waals surface area contributed by atoms with E-state index in [0.717, 1.165) is 0 Å². The zero-order valence-electron chi connectivity index (χ0n) is 5.69. The molecule has 54 valence electrons. The molecular weight excluding hydrogens is 140 g/mol. The molecule has 0 aromatic carbocycles. The second kappa shape index (κ2) is 4.62. The Hall–Kier alpha value is -0.240. The fraction of sp³-hybridized carbons (Fsp3) is 0.833. The molecule has 3 heteroatoms. The molecule has 9 heavy (non-hydrogen) atoms. The van der Waals surface area contributed by atoms with E-state index >= 15 is 0 Å². The maximum absolute atomic E-state index is 10.6. The van der Waals surface area contributed by atoms with E-state index in [-0.39, 0.29) is 11.9 Å². The zero-order valence-corrected chi connectivity index (χ0v) is 6.44. The lowest BCUT2D eigenvalue weighted by Gasteiger charge is -2.04. The van der Waals surface area contributed by atoms with Gasteiger partial charge >= 0.3 is 5.97 Å². The van der Waals surface area contributed by atoms with Gasteiger partial charge in [0.1, 0.15) is 0 Å². The molecule has 0 aromatic heterocycles. The Morgan fingerprint density at radius 3 is 2.67 bits per heavy atom. The Balaban J connectivity index is 3.45. The summed E-state index contributed by atoms with van der Waals surface area (Å²) in [6.45, 7) is 1.80. The fourth-order valence-electron chi connectivity index (χ4n) is 0.483. The van der Waals surface area contributed by atoms with E-state index in [9.17, 15) is 4.79 Å². The largest absolute Gasteiger partial charge is 0.469 e. The third kappa shape index (κ3) is 3.36. The fourth-order valence-corrected chi connectivity index (χ4v) is 0.810. The summed E-state index contributed by atoms with van der Waals surface area (Å²) in [5.74, 6) is 0.263. The van der Waals surface area contributed by atoms with Crippen molar-refractivity contribution in [3.63, 3.8) is 0 Å². The average molecular weight is 151 g/mol. The molecular formula is C6H11ClO2. The minimum Gasteiger partial charge on any atom is -0.469 e. The topological polar surface area (TPSA) is 26.3 Å². The van der Waals surface area contributed by atoms with Crippen LogP contribution in [0.5, 0.6) is 0 Å². The smallest absolute Gasteiger partial charge is 0.308 e. The number of hydrogen-bond acceptors (Lipinski definition) is 2. The number of alkyl halides is 1. The Labute approximate surface area is 60.1 Å². The molecule has 0 aromatic rings. The predicted molar refractivity (Wildman–Crippen MR) is 36.5 cm³/mol. The molecule has 0 radical (unpaired) electrons. The van der Waals surface area contributed by atoms with Crippen LogP contribution < -0.4 is 0 Å². The van der Waals surface area contributed by atoms with E-state index in [2.05, 4.69) is 4.74 Å². The summed E-state index contributed by atoms with van der Waals surface area (Å²) < 4.78 is 4.47. The normalized spacial score (nSPS) is 12.8. The first-order valence-corrected chi connectivity index (χ1v) is 3.39. The molecule has 0 N–H and O–H groups in total. The molecule has 0 saturated heterocycles. The highest BCUT2D eigenvalue weighted by molar-refractivity contribution is 6.17. The van der Waals surface area contributed by atoms with Gasteiger partial charge in [0.25, 0.3) is 0 Å². The average Bonchev–Trinajstić information content (AvgIpc) is 1.87. The van der Waals surface area contributed by atoms with Crippen LogP contribution in [-0.2, 0) is 9.53 Å². The standard InChI is InChI=1S/C6H11ClO2/c1-5(3-4-7)6(8)9-2/h5H,3-4H2,1-2H3. The van der Waals surface area contributed by atoms with Crippen molar-refractivity contribution < 1.29 is 9.53 Å². The van der Waals surface area contributed by atoms with Crippen molar-refractivity contribution in [3.05, 3.63) is 0 Å². The van der Waals surface area contributed by atoms with Crippen molar-refractivity contribution in [2.45, 2.75) is 13.3 Å². The van der Waals surface area contributed by atoms with Gasteiger partial charge in [-0.1, -0.05) is 6.92 Å². The Kier molecular flexibility index (Phi) is 4.50. The number of rotatable bonds is 3. The summed E-state index contributed by atoms with van der Waals surface area (Å²) >= 11 is 5.39. The number of carbonyl (C=O) groups is 1. The van der Waals surface area contributed by atoms with Crippen molar-refractivity contribution in [1.29, 1.82) is 0 Å². The quantitative estimate of drug-likeness (QED) is 0.450. The highest BCUT2D eigenvalue weighted by Gasteiger charge is 2.10. The lowest BCUT2D eigenvalue weighted by Crippen LogP contribution is -2.12. The van der Waals surface area contributed by atoms with E-state index in [1.807, 2.05) is 0 Å². The third-order valence-corrected chi connectivity index (χ3v) is 1.36. The zero-order chi connectivity index (χ0) is 7.28. The predicted octanol–water partition coefficient (Wildman–Crippen LogP) is 1.42. The molecule has 0 spiro atoms. The highest BCUT2D eigenvalue weighted by Crippen LogP contribution is 2.04. The van der Waals surface area contributed by atoms with Gasteiger partial charge in [-0.05, 0) is 6.42 Å². The van der Waals surface area contributed by atoms with Gasteiger partial charge in [-0.25, -0.2) is 0 Å². The van der Waals surface area contributed by atoms with Crippen LogP contribution >= 0.6 is 11.6 Å². The summed E-state index contributed by atoms with van der Waals surface area (Å²) in [6, 6.07) is 0. The molecule has 2 nitrogen and oxygen atoms in total. The molecule has 0 heterocycles. The number of ether oxygens (including phenoxy) is 1. The first-order chi connectivity index (χ1) is 4.22. The Morgan fingerprint density at radius 1 is 1.78 bits per heavy atom. The van der Waals surface area contributed by atoms with Crippen molar-refractivity contribution in [2.75, 3.05) is 13.0 Å². The van der Waals surface area contributed by atoms with Crippen LogP contribution in [-0.4, -0.2) is 19.0 Å². The first-order valence-electron chi connectivity index (χ1n) is 2.86. The molecule has 0 saturated carbocycles. The number of esters is 1. The molecule has 0 rings (SSSR count). The van der Waals surface area contributed by atoms with E-state index in [4.69, 9.17) is 11.6 Å². The first kappa shape index (κ1) is 8.76. The third-order valence-electron chi connectivity index (χ3n) is 1.15. The van der Waals surface area contributed by atoms with Gasteiger partial charge in [0, 0.05) is 5.88 Å². The monoisotopic (exact) mass is 150 g/mol. The summed E-state index contributed by atoms with van der Waals surface area (Å²) in [4.78, 5) is 10.6. The van der Waals surface area contributed by atoms with Gasteiger partial charge < -0.3 is 4.74 Å². The van der Waals surface area contributed by atoms with Crippen LogP contribution in [0, 0.1) is 5.92 Å². The molecule has 1 unspecified atom stereocenters. The van der Waals surface area contributed by atoms with Crippen molar-refractivity contribution >= 4 is 17.6 Å². The maximum atomic E-state index is 10.6. The summed E-state index contributed by atoms with van der Waals surface area (Å²) in [5.41, 5.74) is 0. The van der Waals surface area contributed by atoms with E-state index in [0.29, 0.717) is 12.3 Å². The second-order valence-corrected chi connectivity index (χ2v) is 2.28. The van der Waals surface area contributed by atoms with E-state index < -0.39 is 0 Å². The molecule has 0 aliphatic heterocycles. The van der Waals surface area contributed by atoms with Gasteiger partial charge in [0.05, 0.1) is 13.0 Å². The maximum Gasteiger partial charge on any atom is 0.308 e. The molecule has 0 amide bonds. The van der Waals surface area contributed by atoms with Crippen LogP contribution in [0.3, 0.4) is 0 Å². The second-order valence-electron chi connectivity index (χ2n) is 1.90. The van der Waals surface area contributed by atoms with E-state index in [1.54, 1.807) is 6.92 Å². The minimum absolute atomic E-state index is 0.0625. The van der Waals surface area contributed by atoms with Crippen LogP contribution in [0.15, 0.2) is 0 Å². The van der Waals surface area contributed by atoms with Gasteiger partial charge in [0.2, 0.25) is 0 Å². The SMILES string of the molecule is COC(=O)C(C)CCCl. The van der Waals surface area contributed by atoms with Crippen LogP contribution in [0.25, 0.3) is 0 Å². The summed E-state index contributed by atoms with van der Waals surface area (Å²) in [6.07, 6.45) is 0.689. The number of carbonyl (C=O) groups excluding carboxylic acids is 1. The Morgan fingerprint density at radius 2 is 2.33 bits per heavy atom. The minimum atomic E-state index is -0.185. The highest BCUT2D eigenvalue weighted by atomic mass is 35.5. The van der Waals surface area contributed by atoms with Crippen LogP contribution in [0.2, 0.25) is 0 Å². The van der Waals surface area contributed by atoms with Crippen molar-refractivity contribution in [2.24, 2.45) is 5.92 Å². The van der Waals surface area contributed by atoms with Crippen LogP contribution in [0.1, 0.15) is 13.3 Å².